The van der Waals surface area contributed by atoms with E-state index >= 15 is 0 Å². The Labute approximate surface area is 197 Å². The van der Waals surface area contributed by atoms with Crippen molar-refractivity contribution in [2.45, 2.75) is 13.8 Å². The summed E-state index contributed by atoms with van der Waals surface area (Å²) >= 11 is 0. The average Bonchev–Trinajstić information content (AvgIpc) is 3.27. The number of nitrogen functional groups attached to an aromatic ring is 1. The molecule has 0 spiro atoms. The number of aromatic nitrogens is 4. The molecule has 2 aromatic heterocycles. The van der Waals surface area contributed by atoms with Gasteiger partial charge in [0.15, 0.2) is 17.3 Å². The second-order valence-corrected chi connectivity index (χ2v) is 7.54. The Morgan fingerprint density at radius 1 is 1.09 bits per heavy atom. The molecule has 2 aromatic carbocycles. The number of halogens is 1. The summed E-state index contributed by atoms with van der Waals surface area (Å²) in [5.74, 6) is 1.53. The molecule has 4 aromatic rings. The minimum Gasteiger partial charge on any atom is -0.493 e. The molecule has 0 saturated carbocycles. The van der Waals surface area contributed by atoms with Gasteiger partial charge in [0.05, 0.1) is 23.7 Å². The van der Waals surface area contributed by atoms with Crippen LogP contribution in [0.3, 0.4) is 0 Å². The fourth-order valence-electron chi connectivity index (χ4n) is 3.72. The lowest BCUT2D eigenvalue weighted by molar-refractivity contribution is 0.217. The minimum absolute atomic E-state index is 0.246. The SMILES string of the molecule is CCN(CC)CCOc1cc(N(c2nccc(N)n2)c2n[nH]c3cccc(F)c23)ccc1OC. The number of ether oxygens (including phenoxy) is 2. The van der Waals surface area contributed by atoms with Crippen LogP contribution in [0, 0.1) is 5.82 Å². The number of hydrogen-bond acceptors (Lipinski definition) is 8. The average molecular weight is 466 g/mol. The van der Waals surface area contributed by atoms with Crippen LogP contribution in [0.15, 0.2) is 48.7 Å². The predicted octanol–water partition coefficient (Wildman–Crippen LogP) is 4.27. The number of rotatable bonds is 10. The molecule has 178 valence electrons. The maximum atomic E-state index is 14.9. The number of likely N-dealkylation sites (N-methyl/N-ethyl adjacent to an activating group) is 1. The topological polar surface area (TPSA) is 105 Å². The normalized spacial score (nSPS) is 11.2. The van der Waals surface area contributed by atoms with Gasteiger partial charge in [0.2, 0.25) is 5.95 Å². The molecule has 2 heterocycles. The number of nitrogens with two attached hydrogens (primary N) is 1. The van der Waals surface area contributed by atoms with Crippen molar-refractivity contribution in [3.05, 3.63) is 54.5 Å². The van der Waals surface area contributed by atoms with E-state index in [2.05, 4.69) is 38.9 Å². The summed E-state index contributed by atoms with van der Waals surface area (Å²) in [6.07, 6.45) is 1.54. The number of hydrogen-bond donors (Lipinski definition) is 2. The van der Waals surface area contributed by atoms with Crippen LogP contribution in [-0.4, -0.2) is 58.4 Å². The summed E-state index contributed by atoms with van der Waals surface area (Å²) in [6.45, 7) is 7.36. The first-order valence-corrected chi connectivity index (χ1v) is 11.1. The highest BCUT2D eigenvalue weighted by Crippen LogP contribution is 2.40. The zero-order valence-corrected chi connectivity index (χ0v) is 19.5. The van der Waals surface area contributed by atoms with Gasteiger partial charge in [0.1, 0.15) is 18.2 Å². The van der Waals surface area contributed by atoms with Gasteiger partial charge in [-0.25, -0.2) is 9.37 Å². The molecule has 0 unspecified atom stereocenters. The fourth-order valence-corrected chi connectivity index (χ4v) is 3.72. The highest BCUT2D eigenvalue weighted by Gasteiger charge is 2.24. The van der Waals surface area contributed by atoms with Crippen molar-refractivity contribution < 1.29 is 13.9 Å². The number of fused-ring (bicyclic) bond motifs is 1. The zero-order valence-electron chi connectivity index (χ0n) is 19.5. The molecular weight excluding hydrogens is 437 g/mol. The fraction of sp³-hybridized carbons (Fsp3) is 0.292. The van der Waals surface area contributed by atoms with Gasteiger partial charge in [-0.2, -0.15) is 10.1 Å². The summed E-state index contributed by atoms with van der Waals surface area (Å²) in [7, 11) is 1.58. The van der Waals surface area contributed by atoms with Crippen molar-refractivity contribution in [2.24, 2.45) is 0 Å². The number of H-pyrrole nitrogens is 1. The number of methoxy groups -OCH3 is 1. The largest absolute Gasteiger partial charge is 0.493 e. The Bertz CT molecular complexity index is 1260. The molecule has 0 atom stereocenters. The lowest BCUT2D eigenvalue weighted by Crippen LogP contribution is -2.28. The summed E-state index contributed by atoms with van der Waals surface area (Å²) in [5, 5.41) is 7.57. The van der Waals surface area contributed by atoms with Crippen LogP contribution < -0.4 is 20.1 Å². The smallest absolute Gasteiger partial charge is 0.237 e. The van der Waals surface area contributed by atoms with Gasteiger partial charge in [0, 0.05) is 18.8 Å². The predicted molar refractivity (Wildman–Crippen MR) is 131 cm³/mol. The molecule has 4 rings (SSSR count). The molecular formula is C24H28FN7O2. The van der Waals surface area contributed by atoms with E-state index < -0.39 is 5.82 Å². The molecule has 0 fully saturated rings. The summed E-state index contributed by atoms with van der Waals surface area (Å²) in [6, 6.07) is 11.7. The third-order valence-corrected chi connectivity index (χ3v) is 5.56. The Morgan fingerprint density at radius 2 is 1.91 bits per heavy atom. The van der Waals surface area contributed by atoms with Crippen LogP contribution in [0.5, 0.6) is 11.5 Å². The molecule has 34 heavy (non-hydrogen) atoms. The number of anilines is 4. The van der Waals surface area contributed by atoms with E-state index in [1.807, 2.05) is 6.07 Å². The third-order valence-electron chi connectivity index (χ3n) is 5.56. The van der Waals surface area contributed by atoms with Crippen molar-refractivity contribution in [3.63, 3.8) is 0 Å². The van der Waals surface area contributed by atoms with Crippen molar-refractivity contribution in [3.8, 4) is 11.5 Å². The summed E-state index contributed by atoms with van der Waals surface area (Å²) in [5.41, 5.74) is 7.10. The standard InChI is InChI=1S/C24H28FN7O2/c1-4-31(5-2)13-14-34-20-15-16(9-10-19(20)33-3)32(24-27-12-11-21(26)28-24)23-22-17(25)7-6-8-18(22)29-30-23/h6-12,15H,4-5,13-14H2,1-3H3,(H,29,30)(H2,26,27,28). The van der Waals surface area contributed by atoms with E-state index in [1.165, 1.54) is 6.07 Å². The lowest BCUT2D eigenvalue weighted by Gasteiger charge is -2.23. The highest BCUT2D eigenvalue weighted by molar-refractivity contribution is 5.95. The monoisotopic (exact) mass is 465 g/mol. The number of nitrogens with zero attached hydrogens (tertiary/aromatic N) is 5. The maximum absolute atomic E-state index is 14.9. The van der Waals surface area contributed by atoms with Gasteiger partial charge < -0.3 is 20.1 Å². The number of nitrogens with one attached hydrogen (secondary N) is 1. The number of aromatic amines is 1. The first-order chi connectivity index (χ1) is 16.5. The van der Waals surface area contributed by atoms with Crippen LogP contribution in [0.1, 0.15) is 13.8 Å². The minimum atomic E-state index is -0.417. The Balaban J connectivity index is 1.79. The van der Waals surface area contributed by atoms with E-state index in [0.29, 0.717) is 40.5 Å². The highest BCUT2D eigenvalue weighted by atomic mass is 19.1. The molecule has 3 N–H and O–H groups in total. The van der Waals surface area contributed by atoms with Crippen LogP contribution in [0.4, 0.5) is 27.7 Å². The van der Waals surface area contributed by atoms with Gasteiger partial charge in [-0.15, -0.1) is 0 Å². The van der Waals surface area contributed by atoms with E-state index in [-0.39, 0.29) is 11.8 Å². The van der Waals surface area contributed by atoms with E-state index in [9.17, 15) is 4.39 Å². The van der Waals surface area contributed by atoms with E-state index in [0.717, 1.165) is 19.6 Å². The Kier molecular flexibility index (Phi) is 7.07. The third kappa shape index (κ3) is 4.72. The van der Waals surface area contributed by atoms with Crippen molar-refractivity contribution in [1.82, 2.24) is 25.1 Å². The lowest BCUT2D eigenvalue weighted by atomic mass is 10.2. The molecule has 0 bridgehead atoms. The van der Waals surface area contributed by atoms with Gasteiger partial charge in [-0.3, -0.25) is 10.00 Å². The van der Waals surface area contributed by atoms with Gasteiger partial charge in [-0.05, 0) is 43.4 Å². The summed E-state index contributed by atoms with van der Waals surface area (Å²) < 4.78 is 26.4. The molecule has 10 heteroatoms. The molecule has 0 aliphatic carbocycles. The Morgan fingerprint density at radius 3 is 2.65 bits per heavy atom. The molecule has 9 nitrogen and oxygen atoms in total. The van der Waals surface area contributed by atoms with E-state index in [4.69, 9.17) is 15.2 Å². The van der Waals surface area contributed by atoms with Crippen LogP contribution in [0.2, 0.25) is 0 Å². The van der Waals surface area contributed by atoms with Gasteiger partial charge >= 0.3 is 0 Å². The summed E-state index contributed by atoms with van der Waals surface area (Å²) in [4.78, 5) is 12.6. The van der Waals surface area contributed by atoms with Gasteiger partial charge in [-0.1, -0.05) is 19.9 Å². The molecule has 0 radical (unpaired) electrons. The van der Waals surface area contributed by atoms with Crippen molar-refractivity contribution >= 4 is 34.2 Å². The quantitative estimate of drug-likeness (QED) is 0.358. The van der Waals surface area contributed by atoms with Crippen molar-refractivity contribution in [1.29, 1.82) is 0 Å². The second kappa shape index (κ2) is 10.3. The molecule has 0 aliphatic heterocycles. The van der Waals surface area contributed by atoms with Crippen LogP contribution in [0.25, 0.3) is 10.9 Å². The molecule has 0 amide bonds. The second-order valence-electron chi connectivity index (χ2n) is 7.54. The van der Waals surface area contributed by atoms with E-state index in [1.54, 1.807) is 48.5 Å². The Hall–Kier alpha value is -3.92. The zero-order chi connectivity index (χ0) is 24.1. The number of benzene rings is 2. The molecule has 0 aliphatic rings. The van der Waals surface area contributed by atoms with Crippen molar-refractivity contribution in [2.75, 3.05) is 44.0 Å². The van der Waals surface area contributed by atoms with Gasteiger partial charge in [0.25, 0.3) is 0 Å². The first-order valence-electron chi connectivity index (χ1n) is 11.1. The van der Waals surface area contributed by atoms with Crippen LogP contribution in [-0.2, 0) is 0 Å². The first kappa shape index (κ1) is 23.2. The van der Waals surface area contributed by atoms with Crippen LogP contribution >= 0.6 is 0 Å². The molecule has 0 saturated heterocycles. The maximum Gasteiger partial charge on any atom is 0.237 e.